The maximum Gasteiger partial charge on any atom is 0.295 e. The topological polar surface area (TPSA) is 64.9 Å². The Kier molecular flexibility index (Phi) is 7.42. The molecule has 1 unspecified atom stereocenters. The third-order valence-electron chi connectivity index (χ3n) is 5.81. The minimum atomic E-state index is -0.793. The quantitative estimate of drug-likeness (QED) is 0.392. The monoisotopic (exact) mass is 460 g/mol. The lowest BCUT2D eigenvalue weighted by Crippen LogP contribution is -3.12. The van der Waals surface area contributed by atoms with Crippen LogP contribution >= 0.6 is 23.2 Å². The van der Waals surface area contributed by atoms with Gasteiger partial charge < -0.3 is 14.9 Å². The van der Waals surface area contributed by atoms with Crippen LogP contribution in [0.5, 0.6) is 0 Å². The second-order valence-electron chi connectivity index (χ2n) is 7.72. The molecule has 1 fully saturated rings. The van der Waals surface area contributed by atoms with Crippen molar-refractivity contribution in [2.75, 3.05) is 26.2 Å². The van der Waals surface area contributed by atoms with Gasteiger partial charge in [0.25, 0.3) is 5.91 Å². The molecular formula is C24H26Cl2N2O3. The van der Waals surface area contributed by atoms with Crippen molar-refractivity contribution in [2.45, 2.75) is 26.8 Å². The van der Waals surface area contributed by atoms with Gasteiger partial charge in [-0.2, -0.15) is 0 Å². The summed E-state index contributed by atoms with van der Waals surface area (Å²) >= 11 is 12.3. The van der Waals surface area contributed by atoms with Crippen LogP contribution < -0.4 is 10.0 Å². The van der Waals surface area contributed by atoms with Crippen LogP contribution in [0.25, 0.3) is 5.76 Å². The highest BCUT2D eigenvalue weighted by molar-refractivity contribution is 6.46. The molecule has 164 valence electrons. The predicted molar refractivity (Wildman–Crippen MR) is 121 cm³/mol. The van der Waals surface area contributed by atoms with Crippen molar-refractivity contribution in [1.29, 1.82) is 0 Å². The van der Waals surface area contributed by atoms with Crippen LogP contribution in [0.15, 0.2) is 48.0 Å². The van der Waals surface area contributed by atoms with Gasteiger partial charge in [0.15, 0.2) is 0 Å². The second-order valence-corrected chi connectivity index (χ2v) is 8.53. The van der Waals surface area contributed by atoms with Crippen molar-refractivity contribution in [2.24, 2.45) is 0 Å². The molecule has 1 aliphatic heterocycles. The zero-order valence-corrected chi connectivity index (χ0v) is 19.4. The van der Waals surface area contributed by atoms with E-state index in [9.17, 15) is 14.7 Å². The molecule has 2 aromatic rings. The summed E-state index contributed by atoms with van der Waals surface area (Å²) in [6, 6.07) is 11.1. The molecule has 1 heterocycles. The number of halogens is 2. The summed E-state index contributed by atoms with van der Waals surface area (Å²) in [6.07, 6.45) is 0. The zero-order chi connectivity index (χ0) is 22.7. The van der Waals surface area contributed by atoms with Gasteiger partial charge >= 0.3 is 0 Å². The van der Waals surface area contributed by atoms with E-state index in [4.69, 9.17) is 23.2 Å². The Morgan fingerprint density at radius 2 is 1.68 bits per heavy atom. The number of rotatable bonds is 7. The van der Waals surface area contributed by atoms with Crippen molar-refractivity contribution in [3.63, 3.8) is 0 Å². The lowest BCUT2D eigenvalue weighted by atomic mass is 9.95. The van der Waals surface area contributed by atoms with Crippen LogP contribution in [-0.2, 0) is 9.59 Å². The van der Waals surface area contributed by atoms with E-state index in [0.29, 0.717) is 34.3 Å². The van der Waals surface area contributed by atoms with Crippen molar-refractivity contribution in [1.82, 2.24) is 4.90 Å². The lowest BCUT2D eigenvalue weighted by Gasteiger charge is -2.28. The third kappa shape index (κ3) is 4.79. The van der Waals surface area contributed by atoms with Crippen molar-refractivity contribution >= 4 is 40.7 Å². The van der Waals surface area contributed by atoms with Crippen LogP contribution in [0.4, 0.5) is 0 Å². The minimum absolute atomic E-state index is 0.0400. The van der Waals surface area contributed by atoms with E-state index >= 15 is 0 Å². The summed E-state index contributed by atoms with van der Waals surface area (Å²) in [5.74, 6) is -1.85. The van der Waals surface area contributed by atoms with Gasteiger partial charge in [-0.05, 0) is 44.0 Å². The molecule has 1 aliphatic rings. The smallest absolute Gasteiger partial charge is 0.295 e. The molecule has 0 aliphatic carbocycles. The number of benzene rings is 2. The molecule has 2 aromatic carbocycles. The Hall–Kier alpha value is -2.34. The Bertz CT molecular complexity index is 1010. The van der Waals surface area contributed by atoms with Gasteiger partial charge in [0.1, 0.15) is 0 Å². The first-order valence-electron chi connectivity index (χ1n) is 10.4. The number of amides is 1. The summed E-state index contributed by atoms with van der Waals surface area (Å²) in [7, 11) is 0. The summed E-state index contributed by atoms with van der Waals surface area (Å²) < 4.78 is 0. The highest BCUT2D eigenvalue weighted by Crippen LogP contribution is 2.40. The molecule has 31 heavy (non-hydrogen) atoms. The van der Waals surface area contributed by atoms with Crippen LogP contribution in [0.2, 0.25) is 10.0 Å². The average Bonchev–Trinajstić information content (AvgIpc) is 3.01. The molecule has 1 amide bonds. The number of nitrogens with zero attached hydrogens (tertiary/aromatic N) is 1. The molecular weight excluding hydrogens is 435 g/mol. The summed E-state index contributed by atoms with van der Waals surface area (Å²) in [6.45, 7) is 8.91. The van der Waals surface area contributed by atoms with Gasteiger partial charge in [-0.15, -0.1) is 0 Å². The SMILES string of the molecule is CC[NH+](CC)CCN1C(=O)C(=O)C(=C([O-])c2ccc(C)cc2)C1c1ccc(Cl)c(Cl)c1. The fourth-order valence-corrected chi connectivity index (χ4v) is 4.18. The average molecular weight is 461 g/mol. The minimum Gasteiger partial charge on any atom is -0.872 e. The number of quaternary nitrogens is 1. The number of Topliss-reactive ketones (excluding diaryl/α,β-unsaturated/α-hetero) is 1. The van der Waals surface area contributed by atoms with E-state index in [2.05, 4.69) is 13.8 Å². The highest BCUT2D eigenvalue weighted by atomic mass is 35.5. The van der Waals surface area contributed by atoms with Crippen molar-refractivity contribution < 1.29 is 19.6 Å². The number of likely N-dealkylation sites (N-methyl/N-ethyl adjacent to an activating group) is 1. The standard InChI is InChI=1S/C24H26Cl2N2O3/c1-4-27(5-2)12-13-28-21(17-10-11-18(25)19(26)14-17)20(23(30)24(28)31)22(29)16-8-6-15(3)7-9-16/h6-11,14,21,29H,4-5,12-13H2,1-3H3. The molecule has 3 rings (SSSR count). The number of hydrogen-bond acceptors (Lipinski definition) is 3. The van der Waals surface area contributed by atoms with Crippen molar-refractivity contribution in [3.8, 4) is 0 Å². The number of carbonyl (C=O) groups is 2. The molecule has 1 saturated heterocycles. The summed E-state index contributed by atoms with van der Waals surface area (Å²) in [5.41, 5.74) is 1.93. The first-order chi connectivity index (χ1) is 14.8. The summed E-state index contributed by atoms with van der Waals surface area (Å²) in [4.78, 5) is 28.8. The van der Waals surface area contributed by atoms with E-state index in [1.165, 1.54) is 9.80 Å². The van der Waals surface area contributed by atoms with E-state index in [-0.39, 0.29) is 5.57 Å². The van der Waals surface area contributed by atoms with Gasteiger partial charge in [-0.1, -0.05) is 64.9 Å². The van der Waals surface area contributed by atoms with Crippen LogP contribution in [-0.4, -0.2) is 42.8 Å². The Morgan fingerprint density at radius 1 is 1.03 bits per heavy atom. The van der Waals surface area contributed by atoms with Crippen LogP contribution in [0, 0.1) is 6.92 Å². The second kappa shape index (κ2) is 9.86. The highest BCUT2D eigenvalue weighted by Gasteiger charge is 2.44. The first-order valence-corrected chi connectivity index (χ1v) is 11.2. The molecule has 0 spiro atoms. The third-order valence-corrected chi connectivity index (χ3v) is 6.55. The van der Waals surface area contributed by atoms with Gasteiger partial charge in [-0.25, -0.2) is 0 Å². The number of carbonyl (C=O) groups excluding carboxylic acids is 2. The summed E-state index contributed by atoms with van der Waals surface area (Å²) in [5, 5.41) is 14.0. The Labute approximate surface area is 192 Å². The van der Waals surface area contributed by atoms with E-state index in [0.717, 1.165) is 18.7 Å². The van der Waals surface area contributed by atoms with E-state index < -0.39 is 23.5 Å². The van der Waals surface area contributed by atoms with Gasteiger partial charge in [0.2, 0.25) is 5.78 Å². The van der Waals surface area contributed by atoms with Crippen LogP contribution in [0.1, 0.15) is 36.6 Å². The number of likely N-dealkylation sites (tertiary alicyclic amines) is 1. The number of nitrogens with one attached hydrogen (secondary N) is 1. The molecule has 0 bridgehead atoms. The molecule has 7 heteroatoms. The lowest BCUT2D eigenvalue weighted by molar-refractivity contribution is -0.895. The molecule has 0 aromatic heterocycles. The molecule has 0 radical (unpaired) electrons. The maximum atomic E-state index is 13.3. The first kappa shape index (κ1) is 23.3. The van der Waals surface area contributed by atoms with E-state index in [1.807, 2.05) is 19.1 Å². The van der Waals surface area contributed by atoms with Crippen LogP contribution in [0.3, 0.4) is 0 Å². The number of hydrogen-bond donors (Lipinski definition) is 1. The molecule has 0 saturated carbocycles. The maximum absolute atomic E-state index is 13.3. The fraction of sp³-hybridized carbons (Fsp3) is 0.333. The van der Waals surface area contributed by atoms with Gasteiger partial charge in [0.05, 0.1) is 42.3 Å². The van der Waals surface area contributed by atoms with Gasteiger partial charge in [0, 0.05) is 5.57 Å². The van der Waals surface area contributed by atoms with Gasteiger partial charge in [-0.3, -0.25) is 9.59 Å². The molecule has 5 nitrogen and oxygen atoms in total. The predicted octanol–water partition coefficient (Wildman–Crippen LogP) is 2.45. The normalized spacial score (nSPS) is 18.3. The Balaban J connectivity index is 2.12. The number of aryl methyl sites for hydroxylation is 1. The molecule has 1 N–H and O–H groups in total. The number of ketones is 1. The van der Waals surface area contributed by atoms with Crippen molar-refractivity contribution in [3.05, 3.63) is 74.8 Å². The largest absolute Gasteiger partial charge is 0.872 e. The fourth-order valence-electron chi connectivity index (χ4n) is 3.87. The Morgan fingerprint density at radius 3 is 2.26 bits per heavy atom. The molecule has 1 atom stereocenters. The zero-order valence-electron chi connectivity index (χ0n) is 17.9. The van der Waals surface area contributed by atoms with E-state index in [1.54, 1.807) is 30.3 Å².